The summed E-state index contributed by atoms with van der Waals surface area (Å²) in [7, 11) is 0. The van der Waals surface area contributed by atoms with Crippen molar-refractivity contribution in [2.24, 2.45) is 0 Å². The van der Waals surface area contributed by atoms with E-state index in [9.17, 15) is 8.78 Å². The van der Waals surface area contributed by atoms with Crippen molar-refractivity contribution in [1.82, 2.24) is 0 Å². The number of fused-ring (bicyclic) bond motifs is 1. The van der Waals surface area contributed by atoms with Gasteiger partial charge in [-0.1, -0.05) is 12.1 Å². The predicted molar refractivity (Wildman–Crippen MR) is 58.0 cm³/mol. The first-order valence-corrected chi connectivity index (χ1v) is 4.79. The van der Waals surface area contributed by atoms with E-state index < -0.39 is 22.6 Å². The number of hydrogen-bond acceptors (Lipinski definition) is 3. The van der Waals surface area contributed by atoms with Crippen LogP contribution in [0, 0.1) is 45.6 Å². The van der Waals surface area contributed by atoms with Crippen molar-refractivity contribution in [3.63, 3.8) is 0 Å². The number of rotatable bonds is 0. The third kappa shape index (κ3) is 1.38. The van der Waals surface area contributed by atoms with Crippen molar-refractivity contribution in [3.05, 3.63) is 46.5 Å². The van der Waals surface area contributed by atoms with Gasteiger partial charge in [-0.25, -0.2) is 8.78 Å². The number of benzene rings is 2. The van der Waals surface area contributed by atoms with Gasteiger partial charge < -0.3 is 0 Å². The molecule has 0 aliphatic rings. The Bertz CT molecular complexity index is 789. The Labute approximate surface area is 101 Å². The fraction of sp³-hybridized carbons (Fsp3) is 0. The quantitative estimate of drug-likeness (QED) is 0.709. The highest BCUT2D eigenvalue weighted by molar-refractivity contribution is 5.92. The van der Waals surface area contributed by atoms with Gasteiger partial charge in [0.25, 0.3) is 0 Å². The third-order valence-electron chi connectivity index (χ3n) is 2.56. The summed E-state index contributed by atoms with van der Waals surface area (Å²) in [5, 5.41) is 26.3. The second kappa shape index (κ2) is 4.13. The lowest BCUT2D eigenvalue weighted by atomic mass is 9.95. The highest BCUT2D eigenvalue weighted by atomic mass is 19.1. The van der Waals surface area contributed by atoms with Crippen molar-refractivity contribution in [1.29, 1.82) is 15.8 Å². The molecule has 0 radical (unpaired) electrons. The highest BCUT2D eigenvalue weighted by Gasteiger charge is 2.21. The first-order chi connectivity index (χ1) is 8.65. The van der Waals surface area contributed by atoms with Gasteiger partial charge in [0.15, 0.2) is 5.82 Å². The molecule has 0 atom stereocenters. The molecule has 0 heterocycles. The molecule has 0 saturated carbocycles. The van der Waals surface area contributed by atoms with Crippen LogP contribution in [0.3, 0.4) is 0 Å². The molecule has 5 heteroatoms. The molecule has 2 aromatic rings. The smallest absolute Gasteiger partial charge is 0.153 e. The van der Waals surface area contributed by atoms with Crippen LogP contribution in [0.1, 0.15) is 16.7 Å². The zero-order valence-corrected chi connectivity index (χ0v) is 8.83. The number of nitriles is 3. The maximum atomic E-state index is 14.0. The zero-order chi connectivity index (χ0) is 13.3. The van der Waals surface area contributed by atoms with E-state index in [1.165, 1.54) is 18.2 Å². The van der Waals surface area contributed by atoms with Gasteiger partial charge >= 0.3 is 0 Å². The topological polar surface area (TPSA) is 71.4 Å². The Kier molecular flexibility index (Phi) is 2.64. The summed E-state index contributed by atoms with van der Waals surface area (Å²) >= 11 is 0. The molecular weight excluding hydrogens is 236 g/mol. The number of nitrogens with zero attached hydrogens (tertiary/aromatic N) is 3. The van der Waals surface area contributed by atoms with Gasteiger partial charge in [-0.05, 0) is 6.07 Å². The first kappa shape index (κ1) is 11.5. The standard InChI is InChI=1S/C13H3F2N3/c14-11-3-1-2-7-8(4-16)9(5-17)10(6-18)13(15)12(7)11/h1-3H. The van der Waals surface area contributed by atoms with Crippen LogP contribution in [-0.2, 0) is 0 Å². The maximum absolute atomic E-state index is 14.0. The molecule has 0 aliphatic carbocycles. The second-order valence-corrected chi connectivity index (χ2v) is 3.44. The van der Waals surface area contributed by atoms with E-state index in [1.807, 2.05) is 0 Å². The molecule has 0 aromatic heterocycles. The van der Waals surface area contributed by atoms with Gasteiger partial charge in [0.05, 0.1) is 16.5 Å². The van der Waals surface area contributed by atoms with E-state index in [-0.39, 0.29) is 16.5 Å². The summed E-state index contributed by atoms with van der Waals surface area (Å²) in [6, 6.07) is 8.49. The van der Waals surface area contributed by atoms with Crippen LogP contribution in [0.25, 0.3) is 10.8 Å². The van der Waals surface area contributed by atoms with Crippen LogP contribution in [0.4, 0.5) is 8.78 Å². The summed E-state index contributed by atoms with van der Waals surface area (Å²) in [6.45, 7) is 0. The van der Waals surface area contributed by atoms with Crippen LogP contribution in [0.5, 0.6) is 0 Å². The first-order valence-electron chi connectivity index (χ1n) is 4.79. The summed E-state index contributed by atoms with van der Waals surface area (Å²) in [6.07, 6.45) is 0. The lowest BCUT2D eigenvalue weighted by Gasteiger charge is -2.07. The van der Waals surface area contributed by atoms with Crippen molar-refractivity contribution < 1.29 is 8.78 Å². The third-order valence-corrected chi connectivity index (χ3v) is 2.56. The van der Waals surface area contributed by atoms with Gasteiger partial charge in [-0.2, -0.15) is 15.8 Å². The molecule has 0 amide bonds. The fourth-order valence-electron chi connectivity index (χ4n) is 1.78. The SMILES string of the molecule is N#Cc1c(C#N)c(F)c2c(F)cccc2c1C#N. The van der Waals surface area contributed by atoms with Crippen LogP contribution in [-0.4, -0.2) is 0 Å². The maximum Gasteiger partial charge on any atom is 0.153 e. The molecule has 3 nitrogen and oxygen atoms in total. The van der Waals surface area contributed by atoms with E-state index in [2.05, 4.69) is 0 Å². The van der Waals surface area contributed by atoms with Gasteiger partial charge in [-0.15, -0.1) is 0 Å². The van der Waals surface area contributed by atoms with Crippen molar-refractivity contribution in [2.45, 2.75) is 0 Å². The summed E-state index contributed by atoms with van der Waals surface area (Å²) in [5.41, 5.74) is -1.16. The lowest BCUT2D eigenvalue weighted by molar-refractivity contribution is 0.605. The molecule has 0 unspecified atom stereocenters. The zero-order valence-electron chi connectivity index (χ0n) is 8.83. The molecule has 0 spiro atoms. The minimum Gasteiger partial charge on any atom is -0.206 e. The normalized spacial score (nSPS) is 9.50. The Balaban J connectivity index is 3.20. The molecule has 0 saturated heterocycles. The van der Waals surface area contributed by atoms with E-state index in [0.717, 1.165) is 6.07 Å². The molecular formula is C13H3F2N3. The summed E-state index contributed by atoms with van der Waals surface area (Å²) in [5.74, 6) is -1.98. The summed E-state index contributed by atoms with van der Waals surface area (Å²) < 4.78 is 27.5. The minimum absolute atomic E-state index is 0.00875. The molecule has 0 N–H and O–H groups in total. The Morgan fingerprint density at radius 2 is 1.44 bits per heavy atom. The Morgan fingerprint density at radius 1 is 0.833 bits per heavy atom. The Morgan fingerprint density at radius 3 is 2.00 bits per heavy atom. The largest absolute Gasteiger partial charge is 0.206 e. The van der Waals surface area contributed by atoms with E-state index in [4.69, 9.17) is 15.8 Å². The highest BCUT2D eigenvalue weighted by Crippen LogP contribution is 2.30. The molecule has 2 rings (SSSR count). The Hall–Kier alpha value is -2.97. The molecule has 0 bridgehead atoms. The number of halogens is 2. The molecule has 18 heavy (non-hydrogen) atoms. The van der Waals surface area contributed by atoms with Crippen LogP contribution < -0.4 is 0 Å². The van der Waals surface area contributed by atoms with Crippen LogP contribution >= 0.6 is 0 Å². The van der Waals surface area contributed by atoms with Crippen LogP contribution in [0.15, 0.2) is 18.2 Å². The second-order valence-electron chi connectivity index (χ2n) is 3.44. The summed E-state index contributed by atoms with van der Waals surface area (Å²) in [4.78, 5) is 0. The number of hydrogen-bond donors (Lipinski definition) is 0. The van der Waals surface area contributed by atoms with Gasteiger partial charge in [-0.3, -0.25) is 0 Å². The average molecular weight is 239 g/mol. The molecule has 2 aromatic carbocycles. The van der Waals surface area contributed by atoms with Crippen LogP contribution in [0.2, 0.25) is 0 Å². The molecule has 84 valence electrons. The van der Waals surface area contributed by atoms with Crippen molar-refractivity contribution in [3.8, 4) is 18.2 Å². The van der Waals surface area contributed by atoms with E-state index in [1.54, 1.807) is 12.1 Å². The van der Waals surface area contributed by atoms with E-state index in [0.29, 0.717) is 0 Å². The predicted octanol–water partition coefficient (Wildman–Crippen LogP) is 2.73. The molecule has 0 aliphatic heterocycles. The average Bonchev–Trinajstić information content (AvgIpc) is 2.38. The molecule has 0 fully saturated rings. The minimum atomic E-state index is -1.11. The van der Waals surface area contributed by atoms with Gasteiger partial charge in [0.2, 0.25) is 0 Å². The van der Waals surface area contributed by atoms with Crippen molar-refractivity contribution in [2.75, 3.05) is 0 Å². The van der Waals surface area contributed by atoms with Gasteiger partial charge in [0, 0.05) is 5.39 Å². The lowest BCUT2D eigenvalue weighted by Crippen LogP contribution is -1.99. The van der Waals surface area contributed by atoms with Gasteiger partial charge in [0.1, 0.15) is 29.6 Å². The fourth-order valence-corrected chi connectivity index (χ4v) is 1.78. The monoisotopic (exact) mass is 239 g/mol. The van der Waals surface area contributed by atoms with E-state index >= 15 is 0 Å². The van der Waals surface area contributed by atoms with Crippen molar-refractivity contribution >= 4 is 10.8 Å².